The summed E-state index contributed by atoms with van der Waals surface area (Å²) in [5, 5.41) is 18.4. The van der Waals surface area contributed by atoms with Crippen LogP contribution in [-0.2, 0) is 0 Å². The maximum absolute atomic E-state index is 6.97. The van der Waals surface area contributed by atoms with Crippen LogP contribution in [0, 0.1) is 0 Å². The van der Waals surface area contributed by atoms with E-state index >= 15 is 0 Å². The van der Waals surface area contributed by atoms with E-state index < -0.39 is 0 Å². The second-order valence-corrected chi connectivity index (χ2v) is 25.6. The van der Waals surface area contributed by atoms with Gasteiger partial charge in [0.1, 0.15) is 5.58 Å². The number of furan rings is 1. The van der Waals surface area contributed by atoms with Gasteiger partial charge in [-0.2, -0.15) is 0 Å². The molecule has 20 aromatic rings. The van der Waals surface area contributed by atoms with Gasteiger partial charge in [-0.15, -0.1) is 15.9 Å². The third-order valence-electron chi connectivity index (χ3n) is 18.9. The first-order valence-corrected chi connectivity index (χ1v) is 32.7. The van der Waals surface area contributed by atoms with Gasteiger partial charge in [0.25, 0.3) is 0 Å². The summed E-state index contributed by atoms with van der Waals surface area (Å²) in [5.41, 5.74) is 10.6. The summed E-state index contributed by atoms with van der Waals surface area (Å²) >= 11 is 1.78. The highest BCUT2D eigenvalue weighted by Crippen LogP contribution is 2.42. The fourth-order valence-electron chi connectivity index (χ4n) is 14.3. The highest BCUT2D eigenvalue weighted by Gasteiger charge is 2.26. The van der Waals surface area contributed by atoms with E-state index in [1.807, 2.05) is 36.8 Å². The largest absolute Gasteiger partial charge is 0.404 e. The van der Waals surface area contributed by atoms with Crippen LogP contribution < -0.4 is 4.57 Å². The van der Waals surface area contributed by atoms with Gasteiger partial charge in [-0.1, -0.05) is 206 Å². The van der Waals surface area contributed by atoms with Gasteiger partial charge in [0.05, 0.1) is 10.9 Å². The lowest BCUT2D eigenvalue weighted by Crippen LogP contribution is -2.30. The molecular weight excluding hydrogens is 1200 g/mol. The van der Waals surface area contributed by atoms with Gasteiger partial charge in [-0.05, 0) is 107 Å². The maximum Gasteiger partial charge on any atom is 0.387 e. The molecule has 7 heterocycles. The van der Waals surface area contributed by atoms with Gasteiger partial charge in [-0.3, -0.25) is 9.97 Å². The number of hydrogen-bond donors (Lipinski definition) is 0. The molecule has 0 spiro atoms. The van der Waals surface area contributed by atoms with E-state index in [-0.39, 0.29) is 0 Å². The summed E-state index contributed by atoms with van der Waals surface area (Å²) in [4.78, 5) is 41.8. The van der Waals surface area contributed by atoms with E-state index in [9.17, 15) is 0 Å². The summed E-state index contributed by atoms with van der Waals surface area (Å²) in [7, 11) is 0. The van der Waals surface area contributed by atoms with Crippen molar-refractivity contribution in [2.45, 2.75) is 0 Å². The Morgan fingerprint density at radius 2 is 0.865 bits per heavy atom. The number of pyridine rings is 3. The standard InChI is InChI=1S/C85H48N9OS/c1-2-12-49(13-3-1)51-23-30-55(31-24-51)79-88-81(60-36-39-67-66-18-8-9-22-73(66)96-74(67)45-60)92-84(90-79)71-48-86-47-70-65(71)38-35-53-28-32-57-44-62(37-40-64(57)75(53)70)94-41-11-20-69-77-68(19-10-21-72(77)95-85(69)94)83-91-80(59-34-25-50-14-4-5-16-56(50)42-59)89-82(93-83)61-43-58-33-29-54-27-26-52-15-6-7-17-63(52)76(54)78(58)87-46-61/h1-48H/q+1. The molecule has 444 valence electrons. The lowest BCUT2D eigenvalue weighted by molar-refractivity contribution is -0.574. The Morgan fingerprint density at radius 3 is 1.72 bits per heavy atom. The van der Waals surface area contributed by atoms with Crippen LogP contribution in [0.1, 0.15) is 0 Å². The van der Waals surface area contributed by atoms with Crippen molar-refractivity contribution in [2.24, 2.45) is 0 Å². The first-order chi connectivity index (χ1) is 47.5. The van der Waals surface area contributed by atoms with E-state index in [2.05, 4.69) is 259 Å². The minimum atomic E-state index is 0.519. The van der Waals surface area contributed by atoms with Crippen LogP contribution in [0.3, 0.4) is 0 Å². The molecule has 0 aliphatic carbocycles. The molecule has 13 aromatic carbocycles. The monoisotopic (exact) mass is 1240 g/mol. The molecule has 0 aliphatic heterocycles. The fraction of sp³-hybridized carbons (Fsp3) is 0. The summed E-state index contributed by atoms with van der Waals surface area (Å²) in [5.74, 6) is 3.32. The Labute approximate surface area is 551 Å². The zero-order valence-corrected chi connectivity index (χ0v) is 51.9. The fourth-order valence-corrected chi connectivity index (χ4v) is 15.4. The summed E-state index contributed by atoms with van der Waals surface area (Å²) < 4.78 is 11.5. The normalized spacial score (nSPS) is 12.0. The minimum Gasteiger partial charge on any atom is -0.404 e. The van der Waals surface area contributed by atoms with E-state index in [0.717, 1.165) is 126 Å². The molecule has 0 atom stereocenters. The molecule has 0 aliphatic rings. The smallest absolute Gasteiger partial charge is 0.387 e. The van der Waals surface area contributed by atoms with Gasteiger partial charge in [0.2, 0.25) is 5.69 Å². The molecule has 0 radical (unpaired) electrons. The molecule has 0 bridgehead atoms. The molecule has 10 nitrogen and oxygen atoms in total. The van der Waals surface area contributed by atoms with Gasteiger partial charge >= 0.3 is 5.71 Å². The van der Waals surface area contributed by atoms with Crippen molar-refractivity contribution in [1.29, 1.82) is 0 Å². The second kappa shape index (κ2) is 21.4. The van der Waals surface area contributed by atoms with Crippen molar-refractivity contribution in [3.63, 3.8) is 0 Å². The molecule has 20 rings (SSSR count). The van der Waals surface area contributed by atoms with Crippen molar-refractivity contribution in [3.05, 3.63) is 292 Å². The van der Waals surface area contributed by atoms with Crippen molar-refractivity contribution in [2.75, 3.05) is 0 Å². The quantitative estimate of drug-likeness (QED) is 0.108. The molecular formula is C85H48N9OS+. The molecule has 0 saturated heterocycles. The summed E-state index contributed by atoms with van der Waals surface area (Å²) in [6, 6.07) is 93.7. The Kier molecular flexibility index (Phi) is 12.0. The van der Waals surface area contributed by atoms with Crippen LogP contribution >= 0.6 is 11.3 Å². The van der Waals surface area contributed by atoms with Crippen molar-refractivity contribution >= 4 is 129 Å². The maximum atomic E-state index is 6.97. The SMILES string of the molecule is c1ccc(-c2ccc(-c3nc(-c4ccc5c(c4)sc4ccccc45)nc(-c4cncc5c4ccc4ccc6cc(-[n+]7cccc8c9c(-c%10nc(-c%11ccc%12ccccc%12c%11)nc(-c%11cnc%12c(ccc%13ccc%14ccccc%14c%13%12)c%11)n%10)cccc9oc87)ccc6c45)n3)cc2)cc1. The van der Waals surface area contributed by atoms with E-state index in [1.54, 1.807) is 11.3 Å². The minimum absolute atomic E-state index is 0.519. The van der Waals surface area contributed by atoms with Crippen LogP contribution in [0.2, 0.25) is 0 Å². The average Bonchev–Trinajstić information content (AvgIpc) is 1.20. The third-order valence-corrected chi connectivity index (χ3v) is 20.0. The lowest BCUT2D eigenvalue weighted by Gasteiger charge is -2.13. The third kappa shape index (κ3) is 8.75. The highest BCUT2D eigenvalue weighted by molar-refractivity contribution is 7.25. The Balaban J connectivity index is 0.703. The highest BCUT2D eigenvalue weighted by atomic mass is 32.1. The predicted molar refractivity (Wildman–Crippen MR) is 391 cm³/mol. The molecule has 0 saturated carbocycles. The average molecular weight is 1240 g/mol. The number of hydrogen-bond acceptors (Lipinski definition) is 10. The molecule has 96 heavy (non-hydrogen) atoms. The van der Waals surface area contributed by atoms with E-state index in [0.29, 0.717) is 46.2 Å². The van der Waals surface area contributed by atoms with Crippen LogP contribution in [0.25, 0.3) is 203 Å². The molecule has 0 N–H and O–H groups in total. The van der Waals surface area contributed by atoms with Crippen molar-refractivity contribution in [3.8, 4) is 85.1 Å². The predicted octanol–water partition coefficient (Wildman–Crippen LogP) is 21.1. The number of fused-ring (bicyclic) bond motifs is 17. The van der Waals surface area contributed by atoms with E-state index in [4.69, 9.17) is 44.3 Å². The van der Waals surface area contributed by atoms with Crippen LogP contribution in [0.4, 0.5) is 0 Å². The lowest BCUT2D eigenvalue weighted by atomic mass is 9.95. The Morgan fingerprint density at radius 1 is 0.292 bits per heavy atom. The number of nitrogens with zero attached hydrogens (tertiary/aromatic N) is 9. The van der Waals surface area contributed by atoms with Crippen LogP contribution in [0.15, 0.2) is 296 Å². The zero-order valence-electron chi connectivity index (χ0n) is 51.1. The number of aromatic nitrogens is 9. The topological polar surface area (TPSA) is 120 Å². The number of thiophene rings is 1. The molecule has 11 heteroatoms. The summed E-state index contributed by atoms with van der Waals surface area (Å²) in [6.45, 7) is 0. The number of benzene rings is 13. The molecule has 0 unspecified atom stereocenters. The van der Waals surface area contributed by atoms with Gasteiger partial charge in [0.15, 0.2) is 41.1 Å². The Hall–Kier alpha value is -12.8. The first-order valence-electron chi connectivity index (χ1n) is 31.9. The second-order valence-electron chi connectivity index (χ2n) is 24.5. The summed E-state index contributed by atoms with van der Waals surface area (Å²) in [6.07, 6.45) is 7.82. The van der Waals surface area contributed by atoms with Gasteiger partial charge < -0.3 is 4.42 Å². The molecule has 7 aromatic heterocycles. The Bertz CT molecular complexity index is 6670. The van der Waals surface area contributed by atoms with Gasteiger partial charge in [0, 0.05) is 112 Å². The van der Waals surface area contributed by atoms with Crippen molar-refractivity contribution < 1.29 is 8.98 Å². The van der Waals surface area contributed by atoms with Gasteiger partial charge in [-0.25, -0.2) is 29.9 Å². The number of rotatable bonds is 8. The first kappa shape index (κ1) is 53.8. The molecule has 0 fully saturated rings. The van der Waals surface area contributed by atoms with E-state index in [1.165, 1.54) is 30.9 Å². The van der Waals surface area contributed by atoms with Crippen LogP contribution in [0.5, 0.6) is 0 Å². The van der Waals surface area contributed by atoms with Crippen molar-refractivity contribution in [1.82, 2.24) is 39.9 Å². The zero-order chi connectivity index (χ0) is 63.0. The molecule has 0 amide bonds. The van der Waals surface area contributed by atoms with Crippen LogP contribution in [-0.4, -0.2) is 39.9 Å².